The third-order valence-corrected chi connectivity index (χ3v) is 8.77. The van der Waals surface area contributed by atoms with Gasteiger partial charge in [0.05, 0.1) is 33.9 Å². The summed E-state index contributed by atoms with van der Waals surface area (Å²) in [6, 6.07) is 3.92. The van der Waals surface area contributed by atoms with E-state index in [1.807, 2.05) is 0 Å². The molecular formula is C23H17F4N3O5S. The number of aliphatic hydroxyl groups is 1. The number of alkyl halides is 4. The second kappa shape index (κ2) is 6.99. The van der Waals surface area contributed by atoms with Crippen LogP contribution in [-0.4, -0.2) is 30.1 Å². The van der Waals surface area contributed by atoms with Crippen LogP contribution in [0.4, 0.5) is 17.6 Å². The molecule has 2 aromatic heterocycles. The fraction of sp³-hybridized carbons (Fsp3) is 0.348. The molecule has 0 bridgehead atoms. The number of ether oxygens (including phenoxy) is 1. The van der Waals surface area contributed by atoms with Crippen LogP contribution in [0.3, 0.4) is 0 Å². The molecule has 8 nitrogen and oxygen atoms in total. The molecule has 0 saturated heterocycles. The fourth-order valence-corrected chi connectivity index (χ4v) is 6.67. The maximum absolute atomic E-state index is 15.4. The summed E-state index contributed by atoms with van der Waals surface area (Å²) in [6.07, 6.45) is -0.133. The maximum Gasteiger partial charge on any atom is 0.391 e. The van der Waals surface area contributed by atoms with Crippen LogP contribution in [0.1, 0.15) is 41.2 Å². The Labute approximate surface area is 202 Å². The van der Waals surface area contributed by atoms with Crippen molar-refractivity contribution in [3.8, 4) is 11.4 Å². The number of hydrogen-bond acceptors (Lipinski definition) is 7. The van der Waals surface area contributed by atoms with E-state index in [1.54, 1.807) is 0 Å². The van der Waals surface area contributed by atoms with Crippen molar-refractivity contribution in [2.24, 2.45) is 5.73 Å². The van der Waals surface area contributed by atoms with Crippen LogP contribution in [0.2, 0.25) is 0 Å². The zero-order valence-electron chi connectivity index (χ0n) is 18.5. The Morgan fingerprint density at radius 1 is 1.22 bits per heavy atom. The molecule has 1 unspecified atom stereocenters. The number of pyridine rings is 2. The van der Waals surface area contributed by atoms with E-state index in [-0.39, 0.29) is 57.5 Å². The van der Waals surface area contributed by atoms with Gasteiger partial charge in [-0.05, 0) is 24.1 Å². The maximum atomic E-state index is 15.4. The summed E-state index contributed by atoms with van der Waals surface area (Å²) in [5, 5.41) is 5.63. The molecule has 0 saturated carbocycles. The highest BCUT2D eigenvalue weighted by atomic mass is 32.2. The quantitative estimate of drug-likeness (QED) is 0.305. The highest BCUT2D eigenvalue weighted by Gasteiger charge is 2.67. The zero-order chi connectivity index (χ0) is 25.9. The fourth-order valence-electron chi connectivity index (χ4n) is 5.29. The van der Waals surface area contributed by atoms with Crippen molar-refractivity contribution < 1.29 is 36.4 Å². The summed E-state index contributed by atoms with van der Waals surface area (Å²) in [5.74, 6) is -5.81. The minimum atomic E-state index is -4.95. The third-order valence-electron chi connectivity index (χ3n) is 7.21. The molecule has 0 spiro atoms. The zero-order valence-corrected chi connectivity index (χ0v) is 19.3. The van der Waals surface area contributed by atoms with Crippen LogP contribution in [0.25, 0.3) is 22.3 Å². The lowest BCUT2D eigenvalue weighted by molar-refractivity contribution is -0.172. The first-order valence-electron chi connectivity index (χ1n) is 10.9. The molecule has 3 aliphatic heterocycles. The first-order valence-corrected chi connectivity index (χ1v) is 12.1. The Kier molecular flexibility index (Phi) is 4.51. The van der Waals surface area contributed by atoms with Crippen molar-refractivity contribution in [2.75, 3.05) is 0 Å². The van der Waals surface area contributed by atoms with Gasteiger partial charge < -0.3 is 20.1 Å². The van der Waals surface area contributed by atoms with E-state index >= 15 is 8.78 Å². The molecule has 0 radical (unpaired) electrons. The van der Waals surface area contributed by atoms with Crippen molar-refractivity contribution in [3.05, 3.63) is 56.4 Å². The van der Waals surface area contributed by atoms with E-state index in [9.17, 15) is 27.7 Å². The van der Waals surface area contributed by atoms with Crippen molar-refractivity contribution in [1.82, 2.24) is 9.55 Å². The minimum Gasteiger partial charge on any atom is -0.458 e. The van der Waals surface area contributed by atoms with E-state index in [0.717, 1.165) is 4.57 Å². The van der Waals surface area contributed by atoms with Crippen LogP contribution in [0.15, 0.2) is 27.9 Å². The predicted octanol–water partition coefficient (Wildman–Crippen LogP) is 2.34. The van der Waals surface area contributed by atoms with E-state index in [4.69, 9.17) is 10.5 Å². The number of fused-ring (bicyclic) bond motifs is 5. The molecule has 3 aliphatic rings. The predicted molar refractivity (Wildman–Crippen MR) is 118 cm³/mol. The van der Waals surface area contributed by atoms with Gasteiger partial charge in [-0.2, -0.15) is 17.6 Å². The lowest BCUT2D eigenvalue weighted by atomic mass is 9.86. The summed E-state index contributed by atoms with van der Waals surface area (Å²) in [4.78, 5) is 29.5. The van der Waals surface area contributed by atoms with Gasteiger partial charge in [0.15, 0.2) is 5.60 Å². The van der Waals surface area contributed by atoms with Gasteiger partial charge in [-0.15, -0.1) is 0 Å². The Morgan fingerprint density at radius 3 is 2.61 bits per heavy atom. The normalized spacial score (nSPS) is 24.8. The van der Waals surface area contributed by atoms with Crippen LogP contribution in [0.5, 0.6) is 0 Å². The Hall–Kier alpha value is -3.16. The average Bonchev–Trinajstić information content (AvgIpc) is 3.21. The lowest BCUT2D eigenvalue weighted by Gasteiger charge is -2.34. The first kappa shape index (κ1) is 23.3. The van der Waals surface area contributed by atoms with Crippen LogP contribution in [-0.2, 0) is 51.6 Å². The Morgan fingerprint density at radius 2 is 1.94 bits per heavy atom. The van der Waals surface area contributed by atoms with Gasteiger partial charge in [0, 0.05) is 28.6 Å². The molecule has 36 heavy (non-hydrogen) atoms. The molecule has 188 valence electrons. The molecule has 0 fully saturated rings. The third kappa shape index (κ3) is 2.50. The molecule has 2 atom stereocenters. The van der Waals surface area contributed by atoms with Gasteiger partial charge in [0.25, 0.3) is 5.56 Å². The standard InChI is InChI=1S/C23H17F4N3O5S/c1-2-21(33)12-5-14-17-10(7-30(14)19(31)11(12)8-35-20(21)32)16-15-13(29-17)4-3-9(6-28)18(15)36(34)23(26,27)22(16,24)25/h3-5,33H,2,6-8,28H2,1H3/t21-,36?/m0/s1. The molecule has 3 aromatic rings. The van der Waals surface area contributed by atoms with Crippen LogP contribution >= 0.6 is 0 Å². The van der Waals surface area contributed by atoms with Gasteiger partial charge in [-0.25, -0.2) is 14.0 Å². The summed E-state index contributed by atoms with van der Waals surface area (Å²) < 4.78 is 79.5. The first-order chi connectivity index (χ1) is 16.9. The van der Waals surface area contributed by atoms with Gasteiger partial charge in [0.1, 0.15) is 17.4 Å². The number of benzene rings is 1. The number of nitrogens with two attached hydrogens (primary N) is 1. The van der Waals surface area contributed by atoms with Gasteiger partial charge in [-0.3, -0.25) is 4.79 Å². The molecule has 1 aromatic carbocycles. The largest absolute Gasteiger partial charge is 0.458 e. The number of aromatic nitrogens is 2. The molecule has 3 N–H and O–H groups in total. The van der Waals surface area contributed by atoms with E-state index in [2.05, 4.69) is 4.98 Å². The molecule has 6 rings (SSSR count). The van der Waals surface area contributed by atoms with Gasteiger partial charge in [-0.1, -0.05) is 13.0 Å². The molecule has 13 heteroatoms. The topological polar surface area (TPSA) is 125 Å². The number of halogens is 4. The second-order valence-corrected chi connectivity index (χ2v) is 10.4. The number of carbonyl (C=O) groups is 1. The van der Waals surface area contributed by atoms with Crippen molar-refractivity contribution in [1.29, 1.82) is 0 Å². The summed E-state index contributed by atoms with van der Waals surface area (Å²) >= 11 is 0. The lowest BCUT2D eigenvalue weighted by Crippen LogP contribution is -2.46. The van der Waals surface area contributed by atoms with E-state index in [0.29, 0.717) is 0 Å². The highest BCUT2D eigenvalue weighted by molar-refractivity contribution is 7.86. The highest BCUT2D eigenvalue weighted by Crippen LogP contribution is 2.57. The molecule has 0 amide bonds. The van der Waals surface area contributed by atoms with Crippen LogP contribution < -0.4 is 11.3 Å². The van der Waals surface area contributed by atoms with E-state index in [1.165, 1.54) is 25.1 Å². The van der Waals surface area contributed by atoms with Crippen molar-refractivity contribution >= 4 is 27.7 Å². The van der Waals surface area contributed by atoms with Crippen molar-refractivity contribution in [2.45, 2.75) is 54.7 Å². The number of carbonyl (C=O) groups excluding carboxylic acids is 1. The minimum absolute atomic E-state index is 0.0104. The number of rotatable bonds is 2. The summed E-state index contributed by atoms with van der Waals surface area (Å²) in [5.41, 5.74) is 1.01. The molecule has 5 heterocycles. The smallest absolute Gasteiger partial charge is 0.391 e. The second-order valence-electron chi connectivity index (χ2n) is 8.93. The SMILES string of the molecule is CC[C@@]1(O)C(=O)OCc2c1cc1n(c2=O)Cc2c-1nc1ccc(CN)c3c1c2C(F)(F)C(F)(F)S3=O. The van der Waals surface area contributed by atoms with Crippen molar-refractivity contribution in [3.63, 3.8) is 0 Å². The number of nitrogens with zero attached hydrogens (tertiary/aromatic N) is 2. The number of cyclic esters (lactones) is 1. The Bertz CT molecular complexity index is 1640. The molecule has 0 aliphatic carbocycles. The monoisotopic (exact) mass is 523 g/mol. The summed E-state index contributed by atoms with van der Waals surface area (Å²) in [6.45, 7) is 0.235. The van der Waals surface area contributed by atoms with Crippen LogP contribution in [0, 0.1) is 0 Å². The Balaban J connectivity index is 1.74. The van der Waals surface area contributed by atoms with E-state index < -0.39 is 62.7 Å². The average molecular weight is 523 g/mol. The van der Waals surface area contributed by atoms with Gasteiger partial charge >= 0.3 is 17.1 Å². The number of esters is 1. The summed E-state index contributed by atoms with van der Waals surface area (Å²) in [7, 11) is -3.41. The molecular weight excluding hydrogens is 506 g/mol. The number of hydrogen-bond donors (Lipinski definition) is 2. The van der Waals surface area contributed by atoms with Gasteiger partial charge in [0.2, 0.25) is 0 Å².